The Morgan fingerprint density at radius 3 is 2.06 bits per heavy atom. The normalized spacial score (nSPS) is 20.5. The van der Waals surface area contributed by atoms with Gasteiger partial charge in [0.2, 0.25) is 10.0 Å². The van der Waals surface area contributed by atoms with Gasteiger partial charge in [-0.15, -0.1) is 0 Å². The topological polar surface area (TPSA) is 49.9 Å². The summed E-state index contributed by atoms with van der Waals surface area (Å²) in [6.45, 7) is 1.84. The van der Waals surface area contributed by atoms with Crippen LogP contribution in [0.1, 0.15) is 56.9 Å². The summed E-state index contributed by atoms with van der Waals surface area (Å²) in [6.07, 6.45) is 3.19. The lowest BCUT2D eigenvalue weighted by molar-refractivity contribution is -0.137. The average Bonchev–Trinajstić information content (AvgIpc) is 2.72. The number of rotatable bonds is 11. The van der Waals surface area contributed by atoms with E-state index in [-0.39, 0.29) is 17.0 Å². The SMILES string of the molecule is CN(C)CCCCCCO[C@H]1CC[C@H](N(C)S(=O)(=O)c2ccc(C(F)(F)F)cc2)CC1. The van der Waals surface area contributed by atoms with Gasteiger partial charge in [0.25, 0.3) is 0 Å². The van der Waals surface area contributed by atoms with Crippen molar-refractivity contribution in [1.29, 1.82) is 0 Å². The summed E-state index contributed by atoms with van der Waals surface area (Å²) >= 11 is 0. The van der Waals surface area contributed by atoms with E-state index < -0.39 is 21.8 Å². The van der Waals surface area contributed by atoms with Crippen LogP contribution in [0.5, 0.6) is 0 Å². The molecular weight excluding hydrogens is 429 g/mol. The number of sulfonamides is 1. The number of alkyl halides is 3. The molecule has 1 aromatic rings. The van der Waals surface area contributed by atoms with E-state index in [0.717, 1.165) is 63.1 Å². The molecule has 1 aliphatic carbocycles. The second kappa shape index (κ2) is 11.6. The molecule has 9 heteroatoms. The highest BCUT2D eigenvalue weighted by atomic mass is 32.2. The van der Waals surface area contributed by atoms with Crippen molar-refractivity contribution in [2.24, 2.45) is 0 Å². The first kappa shape index (κ1) is 26.1. The molecule has 0 atom stereocenters. The van der Waals surface area contributed by atoms with Crippen LogP contribution >= 0.6 is 0 Å². The van der Waals surface area contributed by atoms with E-state index in [1.807, 2.05) is 0 Å². The molecule has 0 N–H and O–H groups in total. The van der Waals surface area contributed by atoms with Crippen molar-refractivity contribution in [3.05, 3.63) is 29.8 Å². The maximum Gasteiger partial charge on any atom is 0.416 e. The summed E-state index contributed by atoms with van der Waals surface area (Å²) in [4.78, 5) is 2.07. The Balaban J connectivity index is 1.76. The van der Waals surface area contributed by atoms with Crippen LogP contribution in [0.4, 0.5) is 13.2 Å². The summed E-state index contributed by atoms with van der Waals surface area (Å²) in [5.74, 6) is 0. The molecule has 1 aliphatic rings. The standard InChI is InChI=1S/C22H35F3N2O3S/c1-26(2)16-6-4-5-7-17-30-20-12-10-19(11-13-20)27(3)31(28,29)21-14-8-18(9-15-21)22(23,24)25/h8-9,14-15,19-20H,4-7,10-13,16-17H2,1-3H3/t19-,20-. The smallest absolute Gasteiger partial charge is 0.378 e. The molecule has 0 aliphatic heterocycles. The summed E-state index contributed by atoms with van der Waals surface area (Å²) in [7, 11) is 1.82. The van der Waals surface area contributed by atoms with E-state index >= 15 is 0 Å². The molecule has 0 unspecified atom stereocenters. The van der Waals surface area contributed by atoms with Gasteiger partial charge in [-0.1, -0.05) is 12.8 Å². The van der Waals surface area contributed by atoms with Crippen LogP contribution < -0.4 is 0 Å². The second-order valence-electron chi connectivity index (χ2n) is 8.56. The van der Waals surface area contributed by atoms with Crippen molar-refractivity contribution in [1.82, 2.24) is 9.21 Å². The minimum absolute atomic E-state index is 0.115. The summed E-state index contributed by atoms with van der Waals surface area (Å²) < 4.78 is 71.1. The number of unbranched alkanes of at least 4 members (excludes halogenated alkanes) is 3. The predicted octanol–water partition coefficient (Wildman–Crippen LogP) is 4.78. The van der Waals surface area contributed by atoms with Gasteiger partial charge >= 0.3 is 6.18 Å². The number of ether oxygens (including phenoxy) is 1. The minimum Gasteiger partial charge on any atom is -0.378 e. The van der Waals surface area contributed by atoms with Crippen LogP contribution in [0.15, 0.2) is 29.2 Å². The molecule has 0 aromatic heterocycles. The van der Waals surface area contributed by atoms with Crippen LogP contribution in [0.3, 0.4) is 0 Å². The number of benzene rings is 1. The van der Waals surface area contributed by atoms with E-state index in [4.69, 9.17) is 4.74 Å². The van der Waals surface area contributed by atoms with Gasteiger partial charge in [-0.2, -0.15) is 17.5 Å². The molecule has 0 saturated heterocycles. The third kappa shape index (κ3) is 8.04. The monoisotopic (exact) mass is 464 g/mol. The number of hydrogen-bond acceptors (Lipinski definition) is 4. The molecule has 0 bridgehead atoms. The fourth-order valence-corrected chi connectivity index (χ4v) is 5.30. The van der Waals surface area contributed by atoms with Crippen molar-refractivity contribution in [3.63, 3.8) is 0 Å². The Morgan fingerprint density at radius 2 is 1.52 bits per heavy atom. The quantitative estimate of drug-likeness (QED) is 0.443. The summed E-state index contributed by atoms with van der Waals surface area (Å²) in [6, 6.07) is 3.51. The average molecular weight is 465 g/mol. The zero-order chi connectivity index (χ0) is 23.1. The van der Waals surface area contributed by atoms with Gasteiger partial charge in [0.15, 0.2) is 0 Å². The van der Waals surface area contributed by atoms with Crippen LogP contribution in [-0.4, -0.2) is 64.1 Å². The first-order valence-corrected chi connectivity index (χ1v) is 12.4. The minimum atomic E-state index is -4.49. The Kier molecular flexibility index (Phi) is 9.79. The molecule has 0 spiro atoms. The highest BCUT2D eigenvalue weighted by molar-refractivity contribution is 7.89. The van der Waals surface area contributed by atoms with Crippen LogP contribution in [-0.2, 0) is 20.9 Å². The Bertz CT molecular complexity index is 759. The Hall–Kier alpha value is -1.16. The third-order valence-corrected chi connectivity index (χ3v) is 7.79. The summed E-state index contributed by atoms with van der Waals surface area (Å²) in [5.41, 5.74) is -0.857. The van der Waals surface area contributed by atoms with Gasteiger partial charge in [0.1, 0.15) is 0 Å². The van der Waals surface area contributed by atoms with Gasteiger partial charge < -0.3 is 9.64 Å². The van der Waals surface area contributed by atoms with E-state index in [2.05, 4.69) is 19.0 Å². The molecule has 0 amide bonds. The highest BCUT2D eigenvalue weighted by Gasteiger charge is 2.34. The van der Waals surface area contributed by atoms with Crippen molar-refractivity contribution in [3.8, 4) is 0 Å². The number of hydrogen-bond donors (Lipinski definition) is 0. The van der Waals surface area contributed by atoms with Crippen molar-refractivity contribution >= 4 is 10.0 Å². The Morgan fingerprint density at radius 1 is 0.935 bits per heavy atom. The molecule has 178 valence electrons. The first-order chi connectivity index (χ1) is 14.5. The maximum absolute atomic E-state index is 12.8. The van der Waals surface area contributed by atoms with Crippen molar-refractivity contribution in [2.45, 2.75) is 74.6 Å². The van der Waals surface area contributed by atoms with Gasteiger partial charge in [-0.25, -0.2) is 8.42 Å². The van der Waals surface area contributed by atoms with Crippen molar-refractivity contribution in [2.75, 3.05) is 34.3 Å². The summed E-state index contributed by atoms with van der Waals surface area (Å²) in [5, 5.41) is 0. The molecule has 0 radical (unpaired) electrons. The molecule has 2 rings (SSSR count). The lowest BCUT2D eigenvalue weighted by Crippen LogP contribution is -2.40. The van der Waals surface area contributed by atoms with Crippen LogP contribution in [0, 0.1) is 0 Å². The lowest BCUT2D eigenvalue weighted by Gasteiger charge is -2.34. The number of nitrogens with zero attached hydrogens (tertiary/aromatic N) is 2. The van der Waals surface area contributed by atoms with Gasteiger partial charge in [-0.05, 0) is 83.4 Å². The molecule has 1 saturated carbocycles. The third-order valence-electron chi connectivity index (χ3n) is 5.87. The zero-order valence-corrected chi connectivity index (χ0v) is 19.5. The highest BCUT2D eigenvalue weighted by Crippen LogP contribution is 2.32. The molecule has 0 heterocycles. The molecule has 1 aromatic carbocycles. The van der Waals surface area contributed by atoms with Gasteiger partial charge in [-0.3, -0.25) is 0 Å². The van der Waals surface area contributed by atoms with Gasteiger partial charge in [0, 0.05) is 19.7 Å². The van der Waals surface area contributed by atoms with E-state index in [9.17, 15) is 21.6 Å². The van der Waals surface area contributed by atoms with E-state index in [1.165, 1.54) is 24.2 Å². The zero-order valence-electron chi connectivity index (χ0n) is 18.7. The fourth-order valence-electron chi connectivity index (χ4n) is 3.89. The molecule has 1 fully saturated rings. The number of halogens is 3. The molecule has 31 heavy (non-hydrogen) atoms. The maximum atomic E-state index is 12.8. The van der Waals surface area contributed by atoms with Crippen LogP contribution in [0.25, 0.3) is 0 Å². The molecule has 5 nitrogen and oxygen atoms in total. The van der Waals surface area contributed by atoms with Gasteiger partial charge in [0.05, 0.1) is 16.6 Å². The Labute approximate surface area is 184 Å². The lowest BCUT2D eigenvalue weighted by atomic mass is 9.93. The molecular formula is C22H35F3N2O3S. The van der Waals surface area contributed by atoms with Crippen LogP contribution in [0.2, 0.25) is 0 Å². The van der Waals surface area contributed by atoms with E-state index in [0.29, 0.717) is 12.8 Å². The second-order valence-corrected chi connectivity index (χ2v) is 10.6. The first-order valence-electron chi connectivity index (χ1n) is 10.9. The predicted molar refractivity (Wildman–Crippen MR) is 115 cm³/mol. The van der Waals surface area contributed by atoms with E-state index in [1.54, 1.807) is 0 Å². The largest absolute Gasteiger partial charge is 0.416 e. The fraction of sp³-hybridized carbons (Fsp3) is 0.727. The van der Waals surface area contributed by atoms with Crippen molar-refractivity contribution < 1.29 is 26.3 Å².